The van der Waals surface area contributed by atoms with Gasteiger partial charge in [-0.15, -0.1) is 0 Å². The maximum Gasteiger partial charge on any atom is 0.410 e. The third kappa shape index (κ3) is 6.10. The van der Waals surface area contributed by atoms with Crippen molar-refractivity contribution in [2.75, 3.05) is 6.54 Å². The van der Waals surface area contributed by atoms with Crippen LogP contribution in [0.1, 0.15) is 44.9 Å². The molecule has 3 rings (SSSR count). The Morgan fingerprint density at radius 1 is 1.11 bits per heavy atom. The average Bonchev–Trinajstić information content (AvgIpc) is 3.31. The number of likely N-dealkylation sites (tertiary alicyclic amines) is 1. The van der Waals surface area contributed by atoms with Crippen LogP contribution >= 0.6 is 0 Å². The number of amides is 2. The van der Waals surface area contributed by atoms with Crippen LogP contribution in [0.25, 0.3) is 11.1 Å². The number of hydrogen-bond acceptors (Lipinski definition) is 6. The summed E-state index contributed by atoms with van der Waals surface area (Å²) in [5.41, 5.74) is 0.558. The maximum absolute atomic E-state index is 12.9. The van der Waals surface area contributed by atoms with Crippen LogP contribution < -0.4 is 16.6 Å². The minimum absolute atomic E-state index is 0.00474. The number of carboxylic acids is 1. The summed E-state index contributed by atoms with van der Waals surface area (Å²) in [5, 5.41) is 12.3. The van der Waals surface area contributed by atoms with Gasteiger partial charge in [0.05, 0.1) is 5.56 Å². The Hall–Kier alpha value is -3.89. The zero-order valence-corrected chi connectivity index (χ0v) is 22.0. The third-order valence-electron chi connectivity index (χ3n) is 6.44. The molecule has 37 heavy (non-hydrogen) atoms. The van der Waals surface area contributed by atoms with Gasteiger partial charge in [0.15, 0.2) is 0 Å². The fourth-order valence-electron chi connectivity index (χ4n) is 4.37. The Bertz CT molecular complexity index is 1320. The van der Waals surface area contributed by atoms with E-state index in [1.54, 1.807) is 59.0 Å². The van der Waals surface area contributed by atoms with Crippen LogP contribution in [0, 0.1) is 6.92 Å². The van der Waals surface area contributed by atoms with Crippen LogP contribution in [0.3, 0.4) is 0 Å². The lowest BCUT2D eigenvalue weighted by Gasteiger charge is -2.28. The van der Waals surface area contributed by atoms with Gasteiger partial charge in [0.1, 0.15) is 17.7 Å². The molecular formula is C26H34N4O7. The van der Waals surface area contributed by atoms with Crippen LogP contribution in [-0.4, -0.2) is 61.3 Å². The van der Waals surface area contributed by atoms with E-state index in [-0.39, 0.29) is 6.42 Å². The number of hydrogen-bond donors (Lipinski definition) is 2. The summed E-state index contributed by atoms with van der Waals surface area (Å²) in [5.74, 6) is -1.75. The van der Waals surface area contributed by atoms with Gasteiger partial charge in [-0.1, -0.05) is 24.3 Å². The highest BCUT2D eigenvalue weighted by atomic mass is 16.6. The van der Waals surface area contributed by atoms with E-state index in [1.165, 1.54) is 16.5 Å². The Labute approximate surface area is 214 Å². The molecule has 2 amide bonds. The van der Waals surface area contributed by atoms with Crippen molar-refractivity contribution < 1.29 is 24.2 Å². The minimum Gasteiger partial charge on any atom is -0.480 e. The fraction of sp³-hybridized carbons (Fsp3) is 0.500. The summed E-state index contributed by atoms with van der Waals surface area (Å²) in [6, 6.07) is 4.72. The van der Waals surface area contributed by atoms with Crippen molar-refractivity contribution >= 4 is 18.0 Å². The number of aromatic nitrogens is 2. The van der Waals surface area contributed by atoms with Gasteiger partial charge >= 0.3 is 17.8 Å². The van der Waals surface area contributed by atoms with E-state index in [1.807, 2.05) is 0 Å². The van der Waals surface area contributed by atoms with Gasteiger partial charge in [-0.2, -0.15) is 0 Å². The molecular weight excluding hydrogens is 480 g/mol. The van der Waals surface area contributed by atoms with E-state index in [0.717, 1.165) is 4.57 Å². The number of aliphatic carboxylic acids is 1. The van der Waals surface area contributed by atoms with Crippen LogP contribution in [0.2, 0.25) is 0 Å². The topological polar surface area (TPSA) is 140 Å². The molecule has 0 radical (unpaired) electrons. The van der Waals surface area contributed by atoms with Crippen molar-refractivity contribution in [3.05, 3.63) is 56.4 Å². The Kier molecular flexibility index (Phi) is 7.94. The summed E-state index contributed by atoms with van der Waals surface area (Å²) in [6.45, 7) is 7.25. The highest BCUT2D eigenvalue weighted by molar-refractivity contribution is 5.89. The first kappa shape index (κ1) is 27.7. The molecule has 2 heterocycles. The number of carbonyl (C=O) groups is 3. The van der Waals surface area contributed by atoms with E-state index in [9.17, 15) is 29.1 Å². The molecule has 11 nitrogen and oxygen atoms in total. The summed E-state index contributed by atoms with van der Waals surface area (Å²) < 4.78 is 7.81. The second-order valence-electron chi connectivity index (χ2n) is 10.3. The van der Waals surface area contributed by atoms with Gasteiger partial charge in [0.25, 0.3) is 5.56 Å². The zero-order valence-electron chi connectivity index (χ0n) is 22.0. The predicted octanol–water partition coefficient (Wildman–Crippen LogP) is 1.57. The first-order valence-electron chi connectivity index (χ1n) is 12.1. The summed E-state index contributed by atoms with van der Waals surface area (Å²) >= 11 is 0. The number of ether oxygens (including phenoxy) is 1. The number of nitrogens with one attached hydrogen (secondary N) is 1. The first-order valence-corrected chi connectivity index (χ1v) is 12.1. The van der Waals surface area contributed by atoms with Gasteiger partial charge < -0.3 is 19.7 Å². The largest absolute Gasteiger partial charge is 0.480 e. The van der Waals surface area contributed by atoms with Crippen molar-refractivity contribution in [1.29, 1.82) is 0 Å². The molecule has 0 aliphatic carbocycles. The van der Waals surface area contributed by atoms with E-state index < -0.39 is 46.9 Å². The molecule has 1 fully saturated rings. The molecule has 11 heteroatoms. The third-order valence-corrected chi connectivity index (χ3v) is 6.44. The molecule has 1 aromatic carbocycles. The van der Waals surface area contributed by atoms with Crippen LogP contribution in [0.4, 0.5) is 4.79 Å². The highest BCUT2D eigenvalue weighted by Crippen LogP contribution is 2.22. The SMILES string of the molecule is Cc1c(-c2ccc(C[C@H](NC(=O)[C@@H]3CCCN3C(=O)OC(C)(C)C)C(=O)O)cc2)c(=O)n(C)c(=O)n1C. The lowest BCUT2D eigenvalue weighted by atomic mass is 10.00. The molecule has 2 N–H and O–H groups in total. The van der Waals surface area contributed by atoms with Crippen molar-refractivity contribution in [2.24, 2.45) is 14.1 Å². The molecule has 0 saturated carbocycles. The van der Waals surface area contributed by atoms with E-state index in [2.05, 4.69) is 5.32 Å². The molecule has 2 aromatic rings. The van der Waals surface area contributed by atoms with Gasteiger partial charge in [0, 0.05) is 32.8 Å². The maximum atomic E-state index is 12.9. The Morgan fingerprint density at radius 3 is 2.30 bits per heavy atom. The summed E-state index contributed by atoms with van der Waals surface area (Å²) in [6.07, 6.45) is 0.429. The fourth-order valence-corrected chi connectivity index (χ4v) is 4.37. The molecule has 0 bridgehead atoms. The Balaban J connectivity index is 1.76. The summed E-state index contributed by atoms with van der Waals surface area (Å²) in [4.78, 5) is 63.6. The molecule has 0 unspecified atom stereocenters. The molecule has 1 aliphatic heterocycles. The lowest BCUT2D eigenvalue weighted by molar-refractivity contribution is -0.142. The smallest absolute Gasteiger partial charge is 0.410 e. The number of rotatable bonds is 6. The van der Waals surface area contributed by atoms with E-state index in [4.69, 9.17) is 4.74 Å². The number of benzene rings is 1. The van der Waals surface area contributed by atoms with Gasteiger partial charge in [-0.3, -0.25) is 19.1 Å². The predicted molar refractivity (Wildman–Crippen MR) is 136 cm³/mol. The zero-order chi connectivity index (χ0) is 27.7. The lowest BCUT2D eigenvalue weighted by Crippen LogP contribution is -2.52. The molecule has 2 atom stereocenters. The quantitative estimate of drug-likeness (QED) is 0.596. The molecule has 1 saturated heterocycles. The van der Waals surface area contributed by atoms with Gasteiger partial charge in [-0.05, 0) is 51.7 Å². The average molecular weight is 515 g/mol. The second-order valence-corrected chi connectivity index (χ2v) is 10.3. The Morgan fingerprint density at radius 2 is 1.73 bits per heavy atom. The minimum atomic E-state index is -1.22. The monoisotopic (exact) mass is 514 g/mol. The number of carbonyl (C=O) groups excluding carboxylic acids is 2. The van der Waals surface area contributed by atoms with Crippen LogP contribution in [0.5, 0.6) is 0 Å². The van der Waals surface area contributed by atoms with Crippen LogP contribution in [-0.2, 0) is 34.8 Å². The van der Waals surface area contributed by atoms with Crippen molar-refractivity contribution in [1.82, 2.24) is 19.4 Å². The molecule has 200 valence electrons. The van der Waals surface area contributed by atoms with Crippen molar-refractivity contribution in [2.45, 2.75) is 64.6 Å². The normalized spacial score (nSPS) is 16.4. The van der Waals surface area contributed by atoms with Crippen molar-refractivity contribution in [3.63, 3.8) is 0 Å². The standard InChI is InChI=1S/C26H34N4O7/c1-15-20(22(32)29(6)24(35)28(15)5)17-11-9-16(10-12-17)14-18(23(33)34)27-21(31)19-8-7-13-30(19)25(36)37-26(2,3)4/h9-12,18-19H,7-8,13-14H2,1-6H3,(H,27,31)(H,33,34)/t18-,19-/m0/s1. The highest BCUT2D eigenvalue weighted by Gasteiger charge is 2.38. The first-order chi connectivity index (χ1) is 17.2. The van der Waals surface area contributed by atoms with Crippen LogP contribution in [0.15, 0.2) is 33.9 Å². The number of carboxylic acid groups (broad SMARTS) is 1. The van der Waals surface area contributed by atoms with E-state index in [0.29, 0.717) is 41.8 Å². The van der Waals surface area contributed by atoms with Gasteiger partial charge in [-0.25, -0.2) is 14.4 Å². The van der Waals surface area contributed by atoms with Crippen molar-refractivity contribution in [3.8, 4) is 11.1 Å². The van der Waals surface area contributed by atoms with E-state index >= 15 is 0 Å². The molecule has 1 aromatic heterocycles. The second kappa shape index (κ2) is 10.6. The summed E-state index contributed by atoms with van der Waals surface area (Å²) in [7, 11) is 3.00. The number of nitrogens with zero attached hydrogens (tertiary/aromatic N) is 3. The molecule has 0 spiro atoms. The van der Waals surface area contributed by atoms with Gasteiger partial charge in [0.2, 0.25) is 5.91 Å². The molecule has 1 aliphatic rings.